The van der Waals surface area contributed by atoms with E-state index in [-0.39, 0.29) is 3.57 Å². The van der Waals surface area contributed by atoms with Crippen molar-refractivity contribution in [2.75, 3.05) is 4.43 Å². The highest BCUT2D eigenvalue weighted by atomic mass is 127. The molecule has 0 amide bonds. The van der Waals surface area contributed by atoms with Gasteiger partial charge in [0.05, 0.1) is 0 Å². The minimum absolute atomic E-state index is 0.101. The number of hydrogen-bond acceptors (Lipinski definition) is 4. The lowest BCUT2D eigenvalue weighted by Crippen LogP contribution is -3.63. The molecule has 0 saturated heterocycles. The summed E-state index contributed by atoms with van der Waals surface area (Å²) in [5, 5.41) is 0. The van der Waals surface area contributed by atoms with Crippen molar-refractivity contribution in [2.45, 2.75) is 52.7 Å². The Bertz CT molecular complexity index is 1330. The third kappa shape index (κ3) is 8.44. The first-order valence-electron chi connectivity index (χ1n) is 9.63. The number of alkyl halides is 22. The van der Waals surface area contributed by atoms with Gasteiger partial charge in [-0.05, 0) is 12.1 Å². The van der Waals surface area contributed by atoms with Gasteiger partial charge >= 0.3 is 73.9 Å². The Morgan fingerprint density at radius 1 is 0.489 bits per heavy atom. The third-order valence-corrected chi connectivity index (χ3v) is 9.98. The second-order valence-corrected chi connectivity index (χ2v) is 13.7. The maximum Gasteiger partial charge on any atom is 0.480 e. The molecule has 0 aliphatic carbocycles. The van der Waals surface area contributed by atoms with E-state index in [0.29, 0.717) is 0 Å². The van der Waals surface area contributed by atoms with Crippen LogP contribution in [-0.2, 0) is 20.0 Å². The molecule has 0 aliphatic rings. The summed E-state index contributed by atoms with van der Waals surface area (Å²) in [5.41, 5.74) is -12.4. The Kier molecular flexibility index (Phi) is 12.3. The minimum atomic E-state index is -8.23. The van der Waals surface area contributed by atoms with Gasteiger partial charge in [0.25, 0.3) is 0 Å². The quantitative estimate of drug-likeness (QED) is 0.199. The van der Waals surface area contributed by atoms with Crippen molar-refractivity contribution in [3.05, 3.63) is 38.0 Å². The maximum absolute atomic E-state index is 13.6. The van der Waals surface area contributed by atoms with Gasteiger partial charge in [-0.2, -0.15) is 92.2 Å². The SMILES string of the molecule is FC(F)(F)C(F)(F)C(F)(F)C(F)(F)C(F)(F)C(F)(F)C(F)(F)C[I+]c1ccccc1.O=S(=O)([N-]S(=O)(=O)C(F)(F)F)C(F)(F)F. The molecule has 1 aromatic rings. The van der Waals surface area contributed by atoms with Gasteiger partial charge < -0.3 is 4.13 Å². The van der Waals surface area contributed by atoms with Gasteiger partial charge in [0, 0.05) is 0 Å². The van der Waals surface area contributed by atoms with Gasteiger partial charge in [0.1, 0.15) is 0 Å². The topological polar surface area (TPSA) is 82.4 Å². The molecule has 5 nitrogen and oxygen atoms in total. The van der Waals surface area contributed by atoms with Gasteiger partial charge in [-0.1, -0.05) is 18.2 Å². The summed E-state index contributed by atoms with van der Waals surface area (Å²) >= 11 is -2.31. The van der Waals surface area contributed by atoms with Crippen LogP contribution in [0.15, 0.2) is 30.3 Å². The van der Waals surface area contributed by atoms with Crippen LogP contribution in [0.4, 0.5) is 92.2 Å². The Hall–Kier alpha value is -1.66. The molecule has 266 valence electrons. The van der Waals surface area contributed by atoms with Crippen molar-refractivity contribution in [1.82, 2.24) is 0 Å². The van der Waals surface area contributed by atoms with Crippen LogP contribution >= 0.6 is 0 Å². The second kappa shape index (κ2) is 12.7. The molecule has 0 heterocycles. The van der Waals surface area contributed by atoms with E-state index in [1.165, 1.54) is 18.2 Å². The van der Waals surface area contributed by atoms with Crippen molar-refractivity contribution in [3.63, 3.8) is 0 Å². The Morgan fingerprint density at radius 2 is 0.800 bits per heavy atom. The summed E-state index contributed by atoms with van der Waals surface area (Å²) in [6, 6.07) is 5.86. The first-order chi connectivity index (χ1) is 19.3. The Balaban J connectivity index is 0.00000109. The highest BCUT2D eigenvalue weighted by Gasteiger charge is 2.93. The number of hydrogen-bond donors (Lipinski definition) is 0. The number of halogens is 22. The normalized spacial score (nSPS) is 15.4. The average Bonchev–Trinajstić information content (AvgIpc) is 2.80. The lowest BCUT2D eigenvalue weighted by Gasteiger charge is -2.40. The number of benzene rings is 1. The molecular formula is C16H7F21INO4S2. The van der Waals surface area contributed by atoms with Crippen molar-refractivity contribution in [3.8, 4) is 0 Å². The first kappa shape index (κ1) is 43.3. The Morgan fingerprint density at radius 3 is 1.11 bits per heavy atom. The molecule has 0 saturated carbocycles. The number of sulfonamides is 2. The standard InChI is InChI=1S/C14H7F15I.C2F6NO4S2/c15-8(16,6-30-7-4-2-1-3-5-7)9(17,18)10(19,20)11(21,22)12(23,24)13(25,26)14(27,28)29;3-1(4,5)14(10,11)9-15(12,13)2(6,7)8/h1-5H,6H2;/q+1;-1. The van der Waals surface area contributed by atoms with Crippen LogP contribution in [0, 0.1) is 3.57 Å². The molecule has 1 aromatic carbocycles. The monoisotopic (exact) mass is 867 g/mol. The fourth-order valence-electron chi connectivity index (χ4n) is 1.96. The zero-order valence-corrected chi connectivity index (χ0v) is 23.6. The molecule has 45 heavy (non-hydrogen) atoms. The summed E-state index contributed by atoms with van der Waals surface area (Å²) < 4.78 is 302. The van der Waals surface area contributed by atoms with Gasteiger partial charge in [-0.15, -0.1) is 0 Å². The fourth-order valence-corrected chi connectivity index (χ4v) is 5.99. The molecule has 0 unspecified atom stereocenters. The fraction of sp³-hybridized carbons (Fsp3) is 0.625. The van der Waals surface area contributed by atoms with Crippen molar-refractivity contribution in [2.24, 2.45) is 0 Å². The van der Waals surface area contributed by atoms with Crippen LogP contribution < -0.4 is 21.2 Å². The van der Waals surface area contributed by atoms with Gasteiger partial charge in [0.15, 0.2) is 23.6 Å². The third-order valence-electron chi connectivity index (χ3n) is 4.30. The van der Waals surface area contributed by atoms with Crippen molar-refractivity contribution >= 4 is 20.0 Å². The summed E-state index contributed by atoms with van der Waals surface area (Å²) in [6.45, 7) is 0. The van der Waals surface area contributed by atoms with E-state index in [9.17, 15) is 109 Å². The Labute approximate surface area is 245 Å². The molecule has 29 heteroatoms. The van der Waals surface area contributed by atoms with E-state index < -0.39 is 98.4 Å². The minimum Gasteiger partial charge on any atom is -0.421 e. The molecule has 0 fully saturated rings. The molecule has 0 atom stereocenters. The summed E-state index contributed by atoms with van der Waals surface area (Å²) in [4.78, 5) is 0. The molecule has 0 aromatic heterocycles. The molecule has 0 N–H and O–H groups in total. The van der Waals surface area contributed by atoms with E-state index in [4.69, 9.17) is 0 Å². The number of nitrogens with zero attached hydrogens (tertiary/aromatic N) is 1. The second-order valence-electron chi connectivity index (χ2n) is 7.55. The van der Waals surface area contributed by atoms with E-state index >= 15 is 0 Å². The van der Waals surface area contributed by atoms with Crippen molar-refractivity contribution < 1.29 is 130 Å². The lowest BCUT2D eigenvalue weighted by atomic mass is 9.91. The largest absolute Gasteiger partial charge is 0.480 e. The molecule has 0 aliphatic heterocycles. The van der Waals surface area contributed by atoms with Crippen LogP contribution in [0.3, 0.4) is 0 Å². The van der Waals surface area contributed by atoms with Crippen molar-refractivity contribution in [1.29, 1.82) is 0 Å². The van der Waals surface area contributed by atoms with Crippen LogP contribution in [0.25, 0.3) is 4.13 Å². The maximum atomic E-state index is 13.6. The predicted octanol–water partition coefficient (Wildman–Crippen LogP) is 4.38. The van der Waals surface area contributed by atoms with Crippen LogP contribution in [-0.4, -0.2) is 74.0 Å². The van der Waals surface area contributed by atoms with Gasteiger partial charge in [-0.25, -0.2) is 16.8 Å². The predicted molar refractivity (Wildman–Crippen MR) is 99.1 cm³/mol. The molecule has 0 radical (unpaired) electrons. The number of rotatable bonds is 10. The summed E-state index contributed by atoms with van der Waals surface area (Å²) in [5.74, 6) is -45.9. The van der Waals surface area contributed by atoms with Crippen LogP contribution in [0.5, 0.6) is 0 Å². The average molecular weight is 867 g/mol. The molecular weight excluding hydrogens is 860 g/mol. The van der Waals surface area contributed by atoms with E-state index in [1.54, 1.807) is 0 Å². The van der Waals surface area contributed by atoms with Gasteiger partial charge in [0.2, 0.25) is 4.43 Å². The summed E-state index contributed by atoms with van der Waals surface area (Å²) in [6.07, 6.45) is -7.59. The van der Waals surface area contributed by atoms with Crippen LogP contribution in [0.2, 0.25) is 0 Å². The van der Waals surface area contributed by atoms with E-state index in [0.717, 1.165) is 16.3 Å². The van der Waals surface area contributed by atoms with E-state index in [2.05, 4.69) is 0 Å². The highest BCUT2D eigenvalue weighted by Crippen LogP contribution is 2.62. The molecule has 1 rings (SSSR count). The first-order valence-corrected chi connectivity index (χ1v) is 15.1. The van der Waals surface area contributed by atoms with E-state index in [1.807, 2.05) is 0 Å². The summed E-state index contributed by atoms with van der Waals surface area (Å²) in [7, 11) is -13.4. The molecule has 0 bridgehead atoms. The smallest absolute Gasteiger partial charge is 0.421 e. The lowest BCUT2D eigenvalue weighted by molar-refractivity contribution is -0.651. The van der Waals surface area contributed by atoms with Gasteiger partial charge in [-0.3, -0.25) is 0 Å². The van der Waals surface area contributed by atoms with Crippen LogP contribution in [0.1, 0.15) is 0 Å². The highest BCUT2D eigenvalue weighted by molar-refractivity contribution is 8.13. The molecule has 0 spiro atoms. The zero-order chi connectivity index (χ0) is 36.7. The zero-order valence-electron chi connectivity index (χ0n) is 19.8.